The van der Waals surface area contributed by atoms with Gasteiger partial charge in [0, 0.05) is 13.1 Å². The molecule has 2 aromatic rings. The maximum atomic E-state index is 11.3. The monoisotopic (exact) mass is 262 g/mol. The Morgan fingerprint density at radius 1 is 1.50 bits per heavy atom. The second-order valence-electron chi connectivity index (χ2n) is 4.52. The summed E-state index contributed by atoms with van der Waals surface area (Å²) >= 11 is 1.60. The van der Waals surface area contributed by atoms with E-state index in [9.17, 15) is 4.79 Å². The molecule has 1 amide bonds. The van der Waals surface area contributed by atoms with E-state index in [0.717, 1.165) is 35.4 Å². The lowest BCUT2D eigenvalue weighted by Crippen LogP contribution is -2.41. The minimum Gasteiger partial charge on any atom is -0.369 e. The molecule has 0 aliphatic carbocycles. The molecule has 1 aliphatic heterocycles. The number of fused-ring (bicyclic) bond motifs is 1. The molecule has 0 spiro atoms. The maximum Gasteiger partial charge on any atom is 0.222 e. The minimum atomic E-state index is -0.213. The van der Waals surface area contributed by atoms with Crippen LogP contribution in [0, 0.1) is 5.92 Å². The molecule has 2 N–H and O–H groups in total. The first kappa shape index (κ1) is 11.4. The fraction of sp³-hybridized carbons (Fsp3) is 0.417. The van der Waals surface area contributed by atoms with Crippen LogP contribution in [0.3, 0.4) is 0 Å². The number of primary amides is 1. The molecule has 18 heavy (non-hydrogen) atoms. The second kappa shape index (κ2) is 4.53. The number of hydrogen-bond acceptors (Lipinski definition) is 5. The van der Waals surface area contributed by atoms with Gasteiger partial charge in [0.05, 0.1) is 11.3 Å². The molecule has 6 heteroatoms. The van der Waals surface area contributed by atoms with Gasteiger partial charge >= 0.3 is 0 Å². The van der Waals surface area contributed by atoms with Crippen LogP contribution in [0.25, 0.3) is 10.2 Å². The largest absolute Gasteiger partial charge is 0.369 e. The van der Waals surface area contributed by atoms with Gasteiger partial charge < -0.3 is 10.6 Å². The fourth-order valence-electron chi connectivity index (χ4n) is 2.43. The van der Waals surface area contributed by atoms with E-state index in [4.69, 9.17) is 5.73 Å². The van der Waals surface area contributed by atoms with Crippen molar-refractivity contribution < 1.29 is 4.79 Å². The van der Waals surface area contributed by atoms with Crippen molar-refractivity contribution in [3.05, 3.63) is 17.8 Å². The molecule has 0 saturated carbocycles. The standard InChI is InChI=1S/C12H14N4OS/c13-10(17)8-2-1-4-16(6-8)11-9-3-5-18-12(9)15-7-14-11/h3,5,7-8H,1-2,4,6H2,(H2,13,17)/t8-/m1/s1. The Hall–Kier alpha value is -1.69. The van der Waals surface area contributed by atoms with E-state index in [1.165, 1.54) is 0 Å². The van der Waals surface area contributed by atoms with Crippen molar-refractivity contribution in [2.24, 2.45) is 11.7 Å². The molecule has 1 atom stereocenters. The van der Waals surface area contributed by atoms with Crippen molar-refractivity contribution in [2.45, 2.75) is 12.8 Å². The lowest BCUT2D eigenvalue weighted by Gasteiger charge is -2.32. The average molecular weight is 262 g/mol. The third-order valence-electron chi connectivity index (χ3n) is 3.36. The van der Waals surface area contributed by atoms with Gasteiger partial charge in [-0.05, 0) is 24.3 Å². The average Bonchev–Trinajstić information content (AvgIpc) is 2.87. The predicted molar refractivity (Wildman–Crippen MR) is 71.5 cm³/mol. The van der Waals surface area contributed by atoms with Gasteiger partial charge in [0.15, 0.2) is 0 Å². The molecule has 94 valence electrons. The van der Waals surface area contributed by atoms with E-state index < -0.39 is 0 Å². The lowest BCUT2D eigenvalue weighted by atomic mass is 9.97. The molecule has 0 bridgehead atoms. The van der Waals surface area contributed by atoms with Gasteiger partial charge in [-0.25, -0.2) is 9.97 Å². The summed E-state index contributed by atoms with van der Waals surface area (Å²) in [6.07, 6.45) is 3.44. The van der Waals surface area contributed by atoms with Gasteiger partial charge in [0.25, 0.3) is 0 Å². The molecule has 1 aliphatic rings. The fourth-order valence-corrected chi connectivity index (χ4v) is 3.16. The van der Waals surface area contributed by atoms with Crippen LogP contribution in [0.15, 0.2) is 17.8 Å². The van der Waals surface area contributed by atoms with E-state index in [2.05, 4.69) is 14.9 Å². The van der Waals surface area contributed by atoms with Crippen molar-refractivity contribution in [3.63, 3.8) is 0 Å². The SMILES string of the molecule is NC(=O)[C@@H]1CCCN(c2ncnc3sccc23)C1. The first-order valence-electron chi connectivity index (χ1n) is 5.98. The van der Waals surface area contributed by atoms with Crippen LogP contribution in [-0.4, -0.2) is 29.0 Å². The van der Waals surface area contributed by atoms with Crippen LogP contribution in [0.4, 0.5) is 5.82 Å². The number of aromatic nitrogens is 2. The zero-order valence-electron chi connectivity index (χ0n) is 9.87. The highest BCUT2D eigenvalue weighted by atomic mass is 32.1. The smallest absolute Gasteiger partial charge is 0.222 e. The molecule has 3 heterocycles. The molecule has 0 aromatic carbocycles. The number of thiophene rings is 1. The number of carbonyl (C=O) groups excluding carboxylic acids is 1. The van der Waals surface area contributed by atoms with Crippen molar-refractivity contribution in [3.8, 4) is 0 Å². The van der Waals surface area contributed by atoms with Crippen LogP contribution in [-0.2, 0) is 4.79 Å². The maximum absolute atomic E-state index is 11.3. The number of hydrogen-bond donors (Lipinski definition) is 1. The Labute approximate surface area is 109 Å². The highest BCUT2D eigenvalue weighted by Crippen LogP contribution is 2.29. The molecule has 3 rings (SSSR count). The Kier molecular flexibility index (Phi) is 2.87. The molecule has 0 radical (unpaired) electrons. The first-order chi connectivity index (χ1) is 8.75. The number of amides is 1. The van der Waals surface area contributed by atoms with Gasteiger partial charge in [-0.1, -0.05) is 0 Å². The summed E-state index contributed by atoms with van der Waals surface area (Å²) in [6, 6.07) is 2.03. The van der Waals surface area contributed by atoms with Gasteiger partial charge in [-0.15, -0.1) is 11.3 Å². The van der Waals surface area contributed by atoms with Gasteiger partial charge in [0.2, 0.25) is 5.91 Å². The first-order valence-corrected chi connectivity index (χ1v) is 6.86. The summed E-state index contributed by atoms with van der Waals surface area (Å²) in [4.78, 5) is 23.1. The van der Waals surface area contributed by atoms with Gasteiger partial charge in [-0.3, -0.25) is 4.79 Å². The van der Waals surface area contributed by atoms with Crippen LogP contribution in [0.5, 0.6) is 0 Å². The Bertz CT molecular complexity index is 582. The van der Waals surface area contributed by atoms with Gasteiger partial charge in [-0.2, -0.15) is 0 Å². The Morgan fingerprint density at radius 2 is 2.39 bits per heavy atom. The molecule has 2 aromatic heterocycles. The number of carbonyl (C=O) groups is 1. The van der Waals surface area contributed by atoms with Crippen molar-refractivity contribution in [1.82, 2.24) is 9.97 Å². The third-order valence-corrected chi connectivity index (χ3v) is 4.18. The number of nitrogens with zero attached hydrogens (tertiary/aromatic N) is 3. The summed E-state index contributed by atoms with van der Waals surface area (Å²) in [6.45, 7) is 1.59. The number of rotatable bonds is 2. The van der Waals surface area contributed by atoms with E-state index in [1.807, 2.05) is 11.4 Å². The Balaban J connectivity index is 1.94. The highest BCUT2D eigenvalue weighted by Gasteiger charge is 2.25. The van der Waals surface area contributed by atoms with Crippen molar-refractivity contribution >= 4 is 33.3 Å². The highest BCUT2D eigenvalue weighted by molar-refractivity contribution is 7.16. The quantitative estimate of drug-likeness (QED) is 0.887. The molecular formula is C12H14N4OS. The number of anilines is 1. The summed E-state index contributed by atoms with van der Waals surface area (Å²) in [5.41, 5.74) is 5.40. The summed E-state index contributed by atoms with van der Waals surface area (Å²) < 4.78 is 0. The molecule has 5 nitrogen and oxygen atoms in total. The van der Waals surface area contributed by atoms with E-state index in [1.54, 1.807) is 17.7 Å². The van der Waals surface area contributed by atoms with Crippen LogP contribution in [0.2, 0.25) is 0 Å². The Morgan fingerprint density at radius 3 is 3.22 bits per heavy atom. The summed E-state index contributed by atoms with van der Waals surface area (Å²) in [7, 11) is 0. The van der Waals surface area contributed by atoms with E-state index in [0.29, 0.717) is 6.54 Å². The van der Waals surface area contributed by atoms with Crippen molar-refractivity contribution in [1.29, 1.82) is 0 Å². The molecule has 1 saturated heterocycles. The van der Waals surface area contributed by atoms with Crippen LogP contribution >= 0.6 is 11.3 Å². The predicted octanol–water partition coefficient (Wildman–Crippen LogP) is 1.39. The van der Waals surface area contributed by atoms with Crippen molar-refractivity contribution in [2.75, 3.05) is 18.0 Å². The zero-order chi connectivity index (χ0) is 12.5. The van der Waals surface area contributed by atoms with E-state index in [-0.39, 0.29) is 11.8 Å². The van der Waals surface area contributed by atoms with Crippen LogP contribution in [0.1, 0.15) is 12.8 Å². The molecule has 1 fully saturated rings. The molecule has 0 unspecified atom stereocenters. The minimum absolute atomic E-state index is 0.0672. The summed E-state index contributed by atoms with van der Waals surface area (Å²) in [5.74, 6) is 0.643. The molecular weight excluding hydrogens is 248 g/mol. The zero-order valence-corrected chi connectivity index (χ0v) is 10.7. The van der Waals surface area contributed by atoms with Crippen LogP contribution < -0.4 is 10.6 Å². The van der Waals surface area contributed by atoms with E-state index >= 15 is 0 Å². The third kappa shape index (κ3) is 1.92. The number of piperidine rings is 1. The number of nitrogens with two attached hydrogens (primary N) is 1. The lowest BCUT2D eigenvalue weighted by molar-refractivity contribution is -0.122. The normalized spacial score (nSPS) is 20.2. The summed E-state index contributed by atoms with van der Waals surface area (Å²) in [5, 5.41) is 3.07. The second-order valence-corrected chi connectivity index (χ2v) is 5.42. The van der Waals surface area contributed by atoms with Gasteiger partial charge in [0.1, 0.15) is 17.0 Å². The topological polar surface area (TPSA) is 72.1 Å².